The Kier molecular flexibility index (Phi) is 5.10. The topological polar surface area (TPSA) is 64.7 Å². The third kappa shape index (κ3) is 3.91. The largest absolute Gasteiger partial charge is 0.307 e. The maximum Gasteiger partial charge on any atom is 0.250 e. The highest BCUT2D eigenvalue weighted by Crippen LogP contribution is 2.17. The summed E-state index contributed by atoms with van der Waals surface area (Å²) in [4.78, 5) is 12.5. The number of anilines is 1. The second-order valence-electron chi connectivity index (χ2n) is 5.44. The zero-order valence-electron chi connectivity index (χ0n) is 13.3. The standard InChI is InChI=1S/C17H18BrN5O/c1-2-15(23-12-14(18)10-19-23)17(24)20-16-8-9-22(21-16)11-13-6-4-3-5-7-13/h3-10,12,15H,2,11H2,1H3,(H,20,21,24). The first-order valence-electron chi connectivity index (χ1n) is 7.73. The summed E-state index contributed by atoms with van der Waals surface area (Å²) in [5.41, 5.74) is 1.16. The van der Waals surface area contributed by atoms with Crippen molar-refractivity contribution in [3.8, 4) is 0 Å². The number of benzene rings is 1. The fourth-order valence-corrected chi connectivity index (χ4v) is 2.78. The second kappa shape index (κ2) is 7.44. The molecule has 0 saturated carbocycles. The minimum atomic E-state index is -0.365. The van der Waals surface area contributed by atoms with Crippen molar-refractivity contribution in [1.82, 2.24) is 19.6 Å². The number of hydrogen-bond acceptors (Lipinski definition) is 3. The zero-order chi connectivity index (χ0) is 16.9. The van der Waals surface area contributed by atoms with Gasteiger partial charge in [-0.05, 0) is 27.9 Å². The summed E-state index contributed by atoms with van der Waals surface area (Å²) in [5, 5.41) is 11.5. The number of hydrogen-bond donors (Lipinski definition) is 1. The highest BCUT2D eigenvalue weighted by Gasteiger charge is 2.20. The minimum Gasteiger partial charge on any atom is -0.307 e. The molecule has 124 valence electrons. The van der Waals surface area contributed by atoms with Crippen molar-refractivity contribution in [1.29, 1.82) is 0 Å². The van der Waals surface area contributed by atoms with Gasteiger partial charge in [0.2, 0.25) is 5.91 Å². The zero-order valence-corrected chi connectivity index (χ0v) is 14.8. The van der Waals surface area contributed by atoms with Gasteiger partial charge in [-0.3, -0.25) is 14.2 Å². The molecule has 2 aromatic heterocycles. The van der Waals surface area contributed by atoms with Crippen LogP contribution in [-0.2, 0) is 11.3 Å². The molecule has 7 heteroatoms. The molecule has 3 rings (SSSR count). The van der Waals surface area contributed by atoms with Crippen LogP contribution in [0.4, 0.5) is 5.82 Å². The van der Waals surface area contributed by atoms with Gasteiger partial charge < -0.3 is 5.32 Å². The third-order valence-electron chi connectivity index (χ3n) is 3.66. The Balaban J connectivity index is 1.66. The highest BCUT2D eigenvalue weighted by molar-refractivity contribution is 9.10. The molecule has 1 unspecified atom stereocenters. The van der Waals surface area contributed by atoms with Crippen molar-refractivity contribution in [2.75, 3.05) is 5.32 Å². The molecular weight excluding hydrogens is 370 g/mol. The first kappa shape index (κ1) is 16.4. The Morgan fingerprint density at radius 2 is 2.08 bits per heavy atom. The van der Waals surface area contributed by atoms with Crippen LogP contribution in [0.25, 0.3) is 0 Å². The summed E-state index contributed by atoms with van der Waals surface area (Å²) < 4.78 is 4.30. The van der Waals surface area contributed by atoms with E-state index in [1.165, 1.54) is 0 Å². The van der Waals surface area contributed by atoms with E-state index in [9.17, 15) is 4.79 Å². The van der Waals surface area contributed by atoms with Gasteiger partial charge in [-0.2, -0.15) is 10.2 Å². The quantitative estimate of drug-likeness (QED) is 0.703. The molecule has 3 aromatic rings. The summed E-state index contributed by atoms with van der Waals surface area (Å²) in [6, 6.07) is 11.5. The Bertz CT molecular complexity index is 811. The van der Waals surface area contributed by atoms with Gasteiger partial charge in [-0.15, -0.1) is 0 Å². The van der Waals surface area contributed by atoms with Crippen LogP contribution in [0.5, 0.6) is 0 Å². The van der Waals surface area contributed by atoms with Crippen molar-refractivity contribution in [3.63, 3.8) is 0 Å². The van der Waals surface area contributed by atoms with Gasteiger partial charge in [0, 0.05) is 18.5 Å². The third-order valence-corrected chi connectivity index (χ3v) is 4.07. The number of aromatic nitrogens is 4. The van der Waals surface area contributed by atoms with Crippen molar-refractivity contribution >= 4 is 27.7 Å². The SMILES string of the molecule is CCC(C(=O)Nc1ccn(Cc2ccccc2)n1)n1cc(Br)cn1. The van der Waals surface area contributed by atoms with E-state index in [0.29, 0.717) is 18.8 Å². The molecule has 1 atom stereocenters. The summed E-state index contributed by atoms with van der Waals surface area (Å²) >= 11 is 3.35. The van der Waals surface area contributed by atoms with Crippen LogP contribution in [0.15, 0.2) is 59.5 Å². The molecule has 0 saturated heterocycles. The predicted molar refractivity (Wildman–Crippen MR) is 95.7 cm³/mol. The molecule has 1 aromatic carbocycles. The van der Waals surface area contributed by atoms with E-state index in [2.05, 4.69) is 31.4 Å². The van der Waals surface area contributed by atoms with Crippen LogP contribution in [-0.4, -0.2) is 25.5 Å². The van der Waals surface area contributed by atoms with E-state index in [0.717, 1.165) is 10.0 Å². The maximum absolute atomic E-state index is 12.5. The van der Waals surface area contributed by atoms with Crippen LogP contribution in [0.2, 0.25) is 0 Å². The predicted octanol–water partition coefficient (Wildman–Crippen LogP) is 3.48. The number of halogens is 1. The van der Waals surface area contributed by atoms with Crippen LogP contribution in [0.3, 0.4) is 0 Å². The number of amides is 1. The van der Waals surface area contributed by atoms with Crippen molar-refractivity contribution in [2.45, 2.75) is 25.9 Å². The Morgan fingerprint density at radius 3 is 2.75 bits per heavy atom. The lowest BCUT2D eigenvalue weighted by atomic mass is 10.2. The van der Waals surface area contributed by atoms with Crippen molar-refractivity contribution in [3.05, 3.63) is 65.0 Å². The van der Waals surface area contributed by atoms with E-state index >= 15 is 0 Å². The molecule has 0 aliphatic heterocycles. The Hall–Kier alpha value is -2.41. The molecule has 0 aliphatic rings. The Morgan fingerprint density at radius 1 is 1.29 bits per heavy atom. The van der Waals surface area contributed by atoms with Gasteiger partial charge in [0.1, 0.15) is 6.04 Å². The normalized spacial score (nSPS) is 12.1. The number of carbonyl (C=O) groups excluding carboxylic acids is 1. The Labute approximate surface area is 148 Å². The number of carbonyl (C=O) groups is 1. The number of nitrogens with zero attached hydrogens (tertiary/aromatic N) is 4. The molecule has 0 radical (unpaired) electrons. The van der Waals surface area contributed by atoms with Crippen LogP contribution in [0, 0.1) is 0 Å². The summed E-state index contributed by atoms with van der Waals surface area (Å²) in [6.07, 6.45) is 5.96. The molecule has 1 amide bonds. The van der Waals surface area contributed by atoms with Crippen LogP contribution in [0.1, 0.15) is 24.9 Å². The first-order chi connectivity index (χ1) is 11.7. The summed E-state index contributed by atoms with van der Waals surface area (Å²) in [5.74, 6) is 0.415. The van der Waals surface area contributed by atoms with Gasteiger partial charge in [-0.1, -0.05) is 37.3 Å². The van der Waals surface area contributed by atoms with Gasteiger partial charge in [0.15, 0.2) is 5.82 Å². The van der Waals surface area contributed by atoms with Gasteiger partial charge in [0.05, 0.1) is 17.2 Å². The fraction of sp³-hybridized carbons (Fsp3) is 0.235. The molecule has 24 heavy (non-hydrogen) atoms. The van der Waals surface area contributed by atoms with E-state index in [1.807, 2.05) is 43.5 Å². The van der Waals surface area contributed by atoms with Gasteiger partial charge in [0.25, 0.3) is 0 Å². The van der Waals surface area contributed by atoms with Crippen molar-refractivity contribution < 1.29 is 4.79 Å². The second-order valence-corrected chi connectivity index (χ2v) is 6.35. The lowest BCUT2D eigenvalue weighted by molar-refractivity contribution is -0.119. The number of nitrogens with one attached hydrogen (secondary N) is 1. The molecule has 0 aliphatic carbocycles. The van der Waals surface area contributed by atoms with Crippen LogP contribution >= 0.6 is 15.9 Å². The summed E-state index contributed by atoms with van der Waals surface area (Å²) in [7, 11) is 0. The molecule has 1 N–H and O–H groups in total. The van der Waals surface area contributed by atoms with E-state index < -0.39 is 0 Å². The minimum absolute atomic E-state index is 0.127. The average molecular weight is 388 g/mol. The smallest absolute Gasteiger partial charge is 0.250 e. The lowest BCUT2D eigenvalue weighted by Crippen LogP contribution is -2.26. The van der Waals surface area contributed by atoms with E-state index in [4.69, 9.17) is 0 Å². The molecule has 6 nitrogen and oxygen atoms in total. The number of rotatable bonds is 6. The monoisotopic (exact) mass is 387 g/mol. The summed E-state index contributed by atoms with van der Waals surface area (Å²) in [6.45, 7) is 2.62. The van der Waals surface area contributed by atoms with Gasteiger partial charge >= 0.3 is 0 Å². The van der Waals surface area contributed by atoms with Gasteiger partial charge in [-0.25, -0.2) is 0 Å². The van der Waals surface area contributed by atoms with Crippen molar-refractivity contribution in [2.24, 2.45) is 0 Å². The molecule has 0 spiro atoms. The average Bonchev–Trinajstić information content (AvgIpc) is 3.18. The first-order valence-corrected chi connectivity index (χ1v) is 8.53. The molecule has 0 bridgehead atoms. The van der Waals surface area contributed by atoms with E-state index in [1.54, 1.807) is 27.8 Å². The fourth-order valence-electron chi connectivity index (χ4n) is 2.47. The van der Waals surface area contributed by atoms with Crippen LogP contribution < -0.4 is 5.32 Å². The van der Waals surface area contributed by atoms with E-state index in [-0.39, 0.29) is 11.9 Å². The molecular formula is C17H18BrN5O. The highest BCUT2D eigenvalue weighted by atomic mass is 79.9. The maximum atomic E-state index is 12.5. The molecule has 2 heterocycles. The lowest BCUT2D eigenvalue weighted by Gasteiger charge is -2.14. The molecule has 0 fully saturated rings.